The largest absolute Gasteiger partial charge is 0.444 e. The molecule has 0 bridgehead atoms. The molecule has 0 saturated carbocycles. The first kappa shape index (κ1) is 19.3. The number of hydrogen-bond acceptors (Lipinski definition) is 3. The Morgan fingerprint density at radius 2 is 1.80 bits per heavy atom. The second kappa shape index (κ2) is 7.46. The molecule has 0 spiro atoms. The summed E-state index contributed by atoms with van der Waals surface area (Å²) in [7, 11) is 0. The van der Waals surface area contributed by atoms with Gasteiger partial charge in [-0.25, -0.2) is 4.79 Å². The van der Waals surface area contributed by atoms with Crippen LogP contribution in [0.5, 0.6) is 0 Å². The Kier molecular flexibility index (Phi) is 5.76. The maximum absolute atomic E-state index is 12.4. The smallest absolute Gasteiger partial charge is 0.408 e. The molecule has 1 heterocycles. The van der Waals surface area contributed by atoms with Crippen LogP contribution in [0, 0.1) is 5.92 Å². The highest BCUT2D eigenvalue weighted by atomic mass is 16.6. The predicted octanol–water partition coefficient (Wildman–Crippen LogP) is 4.42. The van der Waals surface area contributed by atoms with Crippen molar-refractivity contribution in [3.63, 3.8) is 0 Å². The molecule has 2 amide bonds. The summed E-state index contributed by atoms with van der Waals surface area (Å²) in [6.07, 6.45) is 1.27. The van der Waals surface area contributed by atoms with Crippen molar-refractivity contribution in [1.82, 2.24) is 5.32 Å². The van der Waals surface area contributed by atoms with Gasteiger partial charge in [-0.3, -0.25) is 4.79 Å². The molecule has 1 aliphatic rings. The van der Waals surface area contributed by atoms with Crippen LogP contribution in [0.2, 0.25) is 0 Å². The van der Waals surface area contributed by atoms with Gasteiger partial charge in [0, 0.05) is 24.6 Å². The highest BCUT2D eigenvalue weighted by Crippen LogP contribution is 2.43. The molecule has 3 atom stereocenters. The van der Waals surface area contributed by atoms with Crippen molar-refractivity contribution in [2.45, 2.75) is 72.1 Å². The first-order valence-electron chi connectivity index (χ1n) is 9.07. The molecule has 0 saturated heterocycles. The summed E-state index contributed by atoms with van der Waals surface area (Å²) in [4.78, 5) is 26.6. The van der Waals surface area contributed by atoms with Crippen LogP contribution < -0.4 is 10.2 Å². The molecule has 5 nitrogen and oxygen atoms in total. The predicted molar refractivity (Wildman–Crippen MR) is 99.6 cm³/mol. The second-order valence-electron chi connectivity index (χ2n) is 7.62. The van der Waals surface area contributed by atoms with Crippen LogP contribution in [0.1, 0.15) is 66.0 Å². The van der Waals surface area contributed by atoms with Crippen LogP contribution in [-0.2, 0) is 9.53 Å². The monoisotopic (exact) mass is 346 g/mol. The number of nitrogens with zero attached hydrogens (tertiary/aromatic N) is 1. The average molecular weight is 346 g/mol. The molecule has 0 fully saturated rings. The van der Waals surface area contributed by atoms with Gasteiger partial charge in [-0.05, 0) is 45.2 Å². The quantitative estimate of drug-likeness (QED) is 0.881. The van der Waals surface area contributed by atoms with Gasteiger partial charge in [-0.2, -0.15) is 0 Å². The third-order valence-electron chi connectivity index (χ3n) is 4.69. The Hall–Kier alpha value is -2.04. The van der Waals surface area contributed by atoms with E-state index in [-0.39, 0.29) is 23.9 Å². The molecular weight excluding hydrogens is 316 g/mol. The first-order chi connectivity index (χ1) is 11.7. The number of rotatable bonds is 3. The van der Waals surface area contributed by atoms with Crippen LogP contribution in [0.3, 0.4) is 0 Å². The van der Waals surface area contributed by atoms with Gasteiger partial charge in [-0.15, -0.1) is 0 Å². The highest BCUT2D eigenvalue weighted by molar-refractivity contribution is 5.94. The zero-order valence-electron chi connectivity index (χ0n) is 16.1. The number of fused-ring (bicyclic) bond motifs is 1. The van der Waals surface area contributed by atoms with E-state index >= 15 is 0 Å². The van der Waals surface area contributed by atoms with Crippen molar-refractivity contribution in [2.75, 3.05) is 4.90 Å². The van der Waals surface area contributed by atoms with Crippen molar-refractivity contribution in [3.05, 3.63) is 29.8 Å². The fraction of sp³-hybridized carbons (Fsp3) is 0.600. The molecule has 0 aromatic heterocycles. The van der Waals surface area contributed by atoms with Crippen molar-refractivity contribution in [1.29, 1.82) is 0 Å². The van der Waals surface area contributed by atoms with E-state index in [1.807, 2.05) is 49.9 Å². The lowest BCUT2D eigenvalue weighted by molar-refractivity contribution is -0.117. The number of carbonyl (C=O) groups excluding carboxylic acids is 2. The van der Waals surface area contributed by atoms with E-state index in [0.29, 0.717) is 0 Å². The Morgan fingerprint density at radius 3 is 2.32 bits per heavy atom. The maximum atomic E-state index is 12.4. The van der Waals surface area contributed by atoms with E-state index in [0.717, 1.165) is 24.1 Å². The topological polar surface area (TPSA) is 58.6 Å². The van der Waals surface area contributed by atoms with Gasteiger partial charge < -0.3 is 15.0 Å². The second-order valence-corrected chi connectivity index (χ2v) is 7.62. The van der Waals surface area contributed by atoms with Crippen LogP contribution in [0.4, 0.5) is 10.5 Å². The summed E-state index contributed by atoms with van der Waals surface area (Å²) in [5, 5.41) is 3.06. The van der Waals surface area contributed by atoms with E-state index in [4.69, 9.17) is 4.74 Å². The van der Waals surface area contributed by atoms with Crippen LogP contribution in [0.15, 0.2) is 24.3 Å². The third kappa shape index (κ3) is 4.14. The molecule has 1 unspecified atom stereocenters. The molecule has 138 valence electrons. The van der Waals surface area contributed by atoms with E-state index in [2.05, 4.69) is 19.2 Å². The average Bonchev–Trinajstić information content (AvgIpc) is 2.51. The Balaban J connectivity index is 2.44. The zero-order chi connectivity index (χ0) is 18.8. The number of alkyl carbamates (subject to hydrolysis) is 1. The van der Waals surface area contributed by atoms with E-state index < -0.39 is 11.7 Å². The Bertz CT molecular complexity index is 636. The number of carbonyl (C=O) groups is 2. The molecule has 2 rings (SSSR count). The first-order valence-corrected chi connectivity index (χ1v) is 9.07. The third-order valence-corrected chi connectivity index (χ3v) is 4.69. The normalized spacial score (nSPS) is 23.0. The number of amides is 2. The van der Waals surface area contributed by atoms with E-state index in [1.165, 1.54) is 0 Å². The maximum Gasteiger partial charge on any atom is 0.408 e. The van der Waals surface area contributed by atoms with E-state index in [1.54, 1.807) is 6.92 Å². The number of anilines is 1. The van der Waals surface area contributed by atoms with Gasteiger partial charge in [0.1, 0.15) is 5.60 Å². The number of nitrogens with one attached hydrogen (secondary N) is 1. The van der Waals surface area contributed by atoms with Gasteiger partial charge in [0.25, 0.3) is 0 Å². The molecule has 5 heteroatoms. The molecule has 1 N–H and O–H groups in total. The van der Waals surface area contributed by atoms with Gasteiger partial charge in [-0.1, -0.05) is 32.0 Å². The minimum absolute atomic E-state index is 0.0356. The van der Waals surface area contributed by atoms with Crippen LogP contribution in [0.25, 0.3) is 0 Å². The number of ether oxygens (including phenoxy) is 1. The fourth-order valence-corrected chi connectivity index (χ4v) is 3.81. The lowest BCUT2D eigenvalue weighted by Crippen LogP contribution is -2.52. The molecule has 25 heavy (non-hydrogen) atoms. The van der Waals surface area contributed by atoms with Gasteiger partial charge in [0.2, 0.25) is 5.91 Å². The van der Waals surface area contributed by atoms with E-state index in [9.17, 15) is 9.59 Å². The molecule has 1 aliphatic heterocycles. The Morgan fingerprint density at radius 1 is 1.16 bits per heavy atom. The Labute approximate surface area is 150 Å². The van der Waals surface area contributed by atoms with Crippen molar-refractivity contribution >= 4 is 17.7 Å². The van der Waals surface area contributed by atoms with Crippen LogP contribution >= 0.6 is 0 Å². The molecule has 0 radical (unpaired) electrons. The number of benzene rings is 1. The standard InChI is InChI=1S/C20H30N2O3/c1-7-14-16(8-2)22(13(3)23)17-12-10-9-11-15(17)18(14)21-19(24)25-20(4,5)6/h9-12,14,16,18H,7-8H2,1-6H3,(H,21,24)/t14-,16-,18?/m0/s1. The SMILES string of the molecule is CC[C@@H]1C(NC(=O)OC(C)(C)C)c2ccccc2N(C(C)=O)[C@H]1CC. The summed E-state index contributed by atoms with van der Waals surface area (Å²) < 4.78 is 5.46. The summed E-state index contributed by atoms with van der Waals surface area (Å²) in [5.74, 6) is 0.171. The van der Waals surface area contributed by atoms with Gasteiger partial charge in [0.15, 0.2) is 0 Å². The molecule has 1 aromatic carbocycles. The van der Waals surface area contributed by atoms with Crippen molar-refractivity contribution in [3.8, 4) is 0 Å². The highest BCUT2D eigenvalue weighted by Gasteiger charge is 2.41. The summed E-state index contributed by atoms with van der Waals surface area (Å²) in [6, 6.07) is 7.70. The number of para-hydroxylation sites is 1. The van der Waals surface area contributed by atoms with Crippen LogP contribution in [-0.4, -0.2) is 23.6 Å². The fourth-order valence-electron chi connectivity index (χ4n) is 3.81. The zero-order valence-corrected chi connectivity index (χ0v) is 16.1. The summed E-state index contributed by atoms with van der Waals surface area (Å²) in [5.41, 5.74) is 1.31. The van der Waals surface area contributed by atoms with Crippen molar-refractivity contribution < 1.29 is 14.3 Å². The minimum atomic E-state index is -0.546. The van der Waals surface area contributed by atoms with Crippen molar-refractivity contribution in [2.24, 2.45) is 5.92 Å². The minimum Gasteiger partial charge on any atom is -0.444 e. The number of hydrogen-bond donors (Lipinski definition) is 1. The lowest BCUT2D eigenvalue weighted by atomic mass is 9.78. The lowest BCUT2D eigenvalue weighted by Gasteiger charge is -2.46. The van der Waals surface area contributed by atoms with Gasteiger partial charge in [0.05, 0.1) is 6.04 Å². The molecular formula is C20H30N2O3. The molecule has 1 aromatic rings. The molecule has 0 aliphatic carbocycles. The summed E-state index contributed by atoms with van der Waals surface area (Å²) >= 11 is 0. The summed E-state index contributed by atoms with van der Waals surface area (Å²) in [6.45, 7) is 11.3. The van der Waals surface area contributed by atoms with Gasteiger partial charge >= 0.3 is 6.09 Å².